The lowest BCUT2D eigenvalue weighted by Crippen LogP contribution is -2.36. The first kappa shape index (κ1) is 24.8. The topological polar surface area (TPSA) is 56.4 Å². The van der Waals surface area contributed by atoms with Crippen molar-refractivity contribution in [1.29, 1.82) is 0 Å². The summed E-state index contributed by atoms with van der Waals surface area (Å²) in [6.07, 6.45) is 7.28. The lowest BCUT2D eigenvalue weighted by atomic mass is 9.65. The average molecular weight is 489 g/mol. The molecule has 34 heavy (non-hydrogen) atoms. The first-order valence-corrected chi connectivity index (χ1v) is 12.9. The number of likely N-dealkylation sites (tertiary alicyclic amines) is 1. The summed E-state index contributed by atoms with van der Waals surface area (Å²) in [5.74, 6) is -0.492. The van der Waals surface area contributed by atoms with Gasteiger partial charge in [0.15, 0.2) is 0 Å². The molecule has 8 heteroatoms. The third-order valence-electron chi connectivity index (χ3n) is 7.28. The van der Waals surface area contributed by atoms with Gasteiger partial charge in [-0.25, -0.2) is 8.78 Å². The van der Waals surface area contributed by atoms with E-state index in [0.29, 0.717) is 10.8 Å². The standard InChI is InChI=1S/C26H34F2N4OS/c1-29-25-21(26(17-33)9-3-10-26)15-20(31-34-24-5-4-19(27)14-22(24)28)16-23(25)30-11-6-18-7-12-32(2)13-8-18/h4-5,14-18,29-31H,3,6-13H2,1-2H3. The van der Waals surface area contributed by atoms with Gasteiger partial charge in [0.1, 0.15) is 17.9 Å². The predicted octanol–water partition coefficient (Wildman–Crippen LogP) is 5.89. The molecule has 5 nitrogen and oxygen atoms in total. The highest BCUT2D eigenvalue weighted by atomic mass is 32.2. The Labute approximate surface area is 205 Å². The Hall–Kier alpha value is -2.32. The molecule has 0 bridgehead atoms. The van der Waals surface area contributed by atoms with Crippen molar-refractivity contribution >= 4 is 35.3 Å². The van der Waals surface area contributed by atoms with Crippen LogP contribution in [-0.4, -0.2) is 44.9 Å². The number of piperidine rings is 1. The van der Waals surface area contributed by atoms with Crippen LogP contribution < -0.4 is 15.4 Å². The minimum atomic E-state index is -0.607. The molecule has 1 aliphatic carbocycles. The van der Waals surface area contributed by atoms with Crippen LogP contribution in [0.1, 0.15) is 44.1 Å². The van der Waals surface area contributed by atoms with Crippen LogP contribution in [0.2, 0.25) is 0 Å². The lowest BCUT2D eigenvalue weighted by Gasteiger charge is -2.39. The maximum atomic E-state index is 14.1. The number of benzene rings is 2. The Kier molecular flexibility index (Phi) is 7.99. The quantitative estimate of drug-likeness (QED) is 0.286. The second-order valence-corrected chi connectivity index (χ2v) is 10.4. The normalized spacial score (nSPS) is 18.2. The van der Waals surface area contributed by atoms with Crippen molar-refractivity contribution in [3.8, 4) is 0 Å². The zero-order valence-electron chi connectivity index (χ0n) is 19.9. The highest BCUT2D eigenvalue weighted by Gasteiger charge is 2.41. The van der Waals surface area contributed by atoms with E-state index in [1.54, 1.807) is 0 Å². The van der Waals surface area contributed by atoms with Gasteiger partial charge in [-0.1, -0.05) is 6.42 Å². The molecule has 2 aromatic carbocycles. The summed E-state index contributed by atoms with van der Waals surface area (Å²) in [5, 5.41) is 6.92. The average Bonchev–Trinajstić information content (AvgIpc) is 2.79. The fourth-order valence-corrected chi connectivity index (χ4v) is 5.58. The van der Waals surface area contributed by atoms with Crippen molar-refractivity contribution in [3.63, 3.8) is 0 Å². The number of carbonyl (C=O) groups excluding carboxylic acids is 1. The summed E-state index contributed by atoms with van der Waals surface area (Å²) in [4.78, 5) is 14.8. The minimum Gasteiger partial charge on any atom is -0.386 e. The number of nitrogens with one attached hydrogen (secondary N) is 3. The van der Waals surface area contributed by atoms with Gasteiger partial charge < -0.3 is 25.1 Å². The van der Waals surface area contributed by atoms with E-state index in [2.05, 4.69) is 27.3 Å². The number of anilines is 3. The van der Waals surface area contributed by atoms with E-state index in [0.717, 1.165) is 92.2 Å². The van der Waals surface area contributed by atoms with Crippen molar-refractivity contribution in [3.05, 3.63) is 47.5 Å². The number of carbonyl (C=O) groups is 1. The number of rotatable bonds is 10. The molecule has 0 radical (unpaired) electrons. The van der Waals surface area contributed by atoms with Crippen LogP contribution >= 0.6 is 11.9 Å². The van der Waals surface area contributed by atoms with Crippen LogP contribution in [0.25, 0.3) is 0 Å². The van der Waals surface area contributed by atoms with Gasteiger partial charge in [0.25, 0.3) is 0 Å². The Morgan fingerprint density at radius 3 is 2.56 bits per heavy atom. The molecule has 0 aromatic heterocycles. The zero-order valence-corrected chi connectivity index (χ0v) is 20.7. The molecule has 0 amide bonds. The Morgan fingerprint density at radius 2 is 1.94 bits per heavy atom. The number of halogens is 2. The van der Waals surface area contributed by atoms with E-state index in [1.165, 1.54) is 25.0 Å². The second-order valence-electron chi connectivity index (χ2n) is 9.56. The van der Waals surface area contributed by atoms with Gasteiger partial charge >= 0.3 is 0 Å². The van der Waals surface area contributed by atoms with Gasteiger partial charge in [0.2, 0.25) is 0 Å². The van der Waals surface area contributed by atoms with Crippen molar-refractivity contribution in [1.82, 2.24) is 4.90 Å². The lowest BCUT2D eigenvalue weighted by molar-refractivity contribution is -0.115. The van der Waals surface area contributed by atoms with E-state index in [1.807, 2.05) is 19.2 Å². The summed E-state index contributed by atoms with van der Waals surface area (Å²) in [6.45, 7) is 3.14. The van der Waals surface area contributed by atoms with Crippen LogP contribution in [0.3, 0.4) is 0 Å². The summed E-state index contributed by atoms with van der Waals surface area (Å²) in [7, 11) is 4.06. The fraction of sp³-hybridized carbons (Fsp3) is 0.500. The third-order valence-corrected chi connectivity index (χ3v) is 8.16. The number of aldehydes is 1. The largest absolute Gasteiger partial charge is 0.386 e. The molecule has 0 unspecified atom stereocenters. The molecular weight excluding hydrogens is 454 g/mol. The van der Waals surface area contributed by atoms with Crippen LogP contribution in [0.5, 0.6) is 0 Å². The molecule has 0 atom stereocenters. The predicted molar refractivity (Wildman–Crippen MR) is 137 cm³/mol. The maximum Gasteiger partial charge on any atom is 0.141 e. The van der Waals surface area contributed by atoms with Gasteiger partial charge in [-0.15, -0.1) is 0 Å². The number of hydrogen-bond acceptors (Lipinski definition) is 6. The Bertz CT molecular complexity index is 1010. The monoisotopic (exact) mass is 488 g/mol. The highest BCUT2D eigenvalue weighted by Crippen LogP contribution is 2.48. The number of hydrogen-bond donors (Lipinski definition) is 3. The van der Waals surface area contributed by atoms with Gasteiger partial charge in [-0.3, -0.25) is 0 Å². The van der Waals surface area contributed by atoms with Crippen molar-refractivity contribution in [2.45, 2.75) is 48.8 Å². The number of nitrogens with zero attached hydrogens (tertiary/aromatic N) is 1. The van der Waals surface area contributed by atoms with E-state index >= 15 is 0 Å². The first-order chi connectivity index (χ1) is 16.4. The highest BCUT2D eigenvalue weighted by molar-refractivity contribution is 8.00. The smallest absolute Gasteiger partial charge is 0.141 e. The summed E-state index contributed by atoms with van der Waals surface area (Å²) in [5.41, 5.74) is 3.12. The van der Waals surface area contributed by atoms with E-state index < -0.39 is 17.0 Å². The molecule has 0 spiro atoms. The van der Waals surface area contributed by atoms with E-state index in [-0.39, 0.29) is 0 Å². The first-order valence-electron chi connectivity index (χ1n) is 12.1. The third kappa shape index (κ3) is 5.49. The van der Waals surface area contributed by atoms with E-state index in [4.69, 9.17) is 0 Å². The molecule has 3 N–H and O–H groups in total. The van der Waals surface area contributed by atoms with Gasteiger partial charge in [-0.2, -0.15) is 0 Å². The molecule has 2 aliphatic rings. The van der Waals surface area contributed by atoms with Crippen molar-refractivity contribution in [2.75, 3.05) is 49.1 Å². The summed E-state index contributed by atoms with van der Waals surface area (Å²) in [6, 6.07) is 7.52. The molecule has 2 aromatic rings. The van der Waals surface area contributed by atoms with Crippen LogP contribution in [-0.2, 0) is 10.2 Å². The minimum absolute atomic E-state index is 0.311. The molecule has 1 aliphatic heterocycles. The molecule has 1 saturated heterocycles. The molecular formula is C26H34F2N4OS. The van der Waals surface area contributed by atoms with Gasteiger partial charge in [-0.05, 0) is 99.9 Å². The Morgan fingerprint density at radius 1 is 1.18 bits per heavy atom. The summed E-state index contributed by atoms with van der Waals surface area (Å²) < 4.78 is 30.6. The van der Waals surface area contributed by atoms with Gasteiger partial charge in [0, 0.05) is 25.3 Å². The van der Waals surface area contributed by atoms with Crippen molar-refractivity contribution in [2.24, 2.45) is 5.92 Å². The molecule has 2 fully saturated rings. The van der Waals surface area contributed by atoms with Crippen LogP contribution in [0.4, 0.5) is 25.8 Å². The molecule has 184 valence electrons. The summed E-state index contributed by atoms with van der Waals surface area (Å²) >= 11 is 1.10. The zero-order chi connectivity index (χ0) is 24.1. The van der Waals surface area contributed by atoms with Crippen molar-refractivity contribution < 1.29 is 13.6 Å². The maximum absolute atomic E-state index is 14.1. The van der Waals surface area contributed by atoms with Crippen LogP contribution in [0, 0.1) is 17.6 Å². The molecule has 4 rings (SSSR count). The second kappa shape index (κ2) is 11.0. The van der Waals surface area contributed by atoms with Gasteiger partial charge in [0.05, 0.1) is 21.7 Å². The Balaban J connectivity index is 1.55. The fourth-order valence-electron chi connectivity index (χ4n) is 4.94. The molecule has 1 saturated carbocycles. The van der Waals surface area contributed by atoms with E-state index in [9.17, 15) is 13.6 Å². The SMILES string of the molecule is CNc1c(NCCC2CCN(C)CC2)cc(NSc2ccc(F)cc2F)cc1C1(C=O)CCC1. The van der Waals surface area contributed by atoms with Crippen LogP contribution in [0.15, 0.2) is 35.2 Å². The molecule has 1 heterocycles.